The third-order valence-electron chi connectivity index (χ3n) is 5.95. The maximum atomic E-state index is 12.6. The molecule has 3 aliphatic rings. The fraction of sp³-hybridized carbons (Fsp3) is 0.292. The molecule has 0 bridgehead atoms. The molecule has 0 saturated carbocycles. The van der Waals surface area contributed by atoms with Gasteiger partial charge in [0.05, 0.1) is 0 Å². The molecule has 0 unspecified atom stereocenters. The first-order valence-corrected chi connectivity index (χ1v) is 9.99. The first-order valence-electron chi connectivity index (χ1n) is 9.99. The van der Waals surface area contributed by atoms with Gasteiger partial charge in [-0.3, -0.25) is 0 Å². The van der Waals surface area contributed by atoms with Crippen molar-refractivity contribution in [3.05, 3.63) is 63.7 Å². The molecule has 2 aromatic rings. The van der Waals surface area contributed by atoms with Gasteiger partial charge in [0.1, 0.15) is 5.76 Å². The highest BCUT2D eigenvalue weighted by Gasteiger charge is 2.20. The minimum atomic E-state index is -0.236. The van der Waals surface area contributed by atoms with Crippen LogP contribution in [0.25, 0.3) is 29.0 Å². The van der Waals surface area contributed by atoms with Crippen molar-refractivity contribution in [3.63, 3.8) is 0 Å². The SMILES string of the molecule is CN1CCCN(C(=O)OC2=CCc3c(ccc4c5c(ccc34)=CC=C5)=C2)CC1. The quantitative estimate of drug-likeness (QED) is 0.772. The van der Waals surface area contributed by atoms with Crippen molar-refractivity contribution in [1.29, 1.82) is 0 Å². The number of fused-ring (bicyclic) bond motifs is 5. The zero-order chi connectivity index (χ0) is 19.1. The summed E-state index contributed by atoms with van der Waals surface area (Å²) in [6, 6.07) is 8.73. The van der Waals surface area contributed by atoms with Gasteiger partial charge in [0.15, 0.2) is 0 Å². The summed E-state index contributed by atoms with van der Waals surface area (Å²) in [6.45, 7) is 3.39. The molecule has 4 nitrogen and oxygen atoms in total. The number of carbonyl (C=O) groups excluding carboxylic acids is 1. The molecule has 1 saturated heterocycles. The Kier molecular flexibility index (Phi) is 4.29. The van der Waals surface area contributed by atoms with Crippen LogP contribution in [0.5, 0.6) is 0 Å². The molecule has 2 aliphatic carbocycles. The number of amides is 1. The summed E-state index contributed by atoms with van der Waals surface area (Å²) in [7, 11) is 2.09. The number of carbonyl (C=O) groups is 1. The molecule has 2 aromatic carbocycles. The number of benzene rings is 2. The minimum Gasteiger partial charge on any atom is -0.411 e. The van der Waals surface area contributed by atoms with Crippen molar-refractivity contribution in [3.8, 4) is 0 Å². The van der Waals surface area contributed by atoms with Crippen LogP contribution < -0.4 is 10.4 Å². The Balaban J connectivity index is 1.41. The first kappa shape index (κ1) is 17.3. The second kappa shape index (κ2) is 6.95. The Morgan fingerprint density at radius 1 is 1.00 bits per heavy atom. The van der Waals surface area contributed by atoms with Gasteiger partial charge >= 0.3 is 6.09 Å². The standard InChI is InChI=1S/C24H24N2O2/c1-25-12-3-13-26(15-14-25)24(27)28-19-8-11-21-18(16-19)7-10-22-20-5-2-4-17(20)6-9-23(21)22/h2,4-10,16H,3,11-15H2,1H3. The van der Waals surface area contributed by atoms with Crippen LogP contribution in [-0.2, 0) is 11.2 Å². The molecule has 28 heavy (non-hydrogen) atoms. The maximum Gasteiger partial charge on any atom is 0.415 e. The van der Waals surface area contributed by atoms with Crippen LogP contribution in [0, 0.1) is 0 Å². The lowest BCUT2D eigenvalue weighted by Gasteiger charge is -2.21. The monoisotopic (exact) mass is 372 g/mol. The molecule has 142 valence electrons. The molecule has 1 fully saturated rings. The number of ether oxygens (including phenoxy) is 1. The van der Waals surface area contributed by atoms with Gasteiger partial charge in [-0.2, -0.15) is 0 Å². The Morgan fingerprint density at radius 2 is 1.86 bits per heavy atom. The second-order valence-corrected chi connectivity index (χ2v) is 7.79. The Bertz CT molecular complexity index is 1140. The van der Waals surface area contributed by atoms with Crippen LogP contribution in [0.2, 0.25) is 0 Å². The smallest absolute Gasteiger partial charge is 0.411 e. The molecule has 1 amide bonds. The van der Waals surface area contributed by atoms with Crippen LogP contribution in [-0.4, -0.2) is 49.1 Å². The molecule has 0 aromatic heterocycles. The van der Waals surface area contributed by atoms with E-state index in [0.717, 1.165) is 44.2 Å². The highest BCUT2D eigenvalue weighted by Crippen LogP contribution is 2.23. The van der Waals surface area contributed by atoms with Crippen LogP contribution in [0.4, 0.5) is 4.79 Å². The Hall–Kier alpha value is -2.85. The summed E-state index contributed by atoms with van der Waals surface area (Å²) < 4.78 is 5.72. The van der Waals surface area contributed by atoms with Crippen LogP contribution in [0.15, 0.2) is 42.2 Å². The zero-order valence-electron chi connectivity index (χ0n) is 16.1. The normalized spacial score (nSPS) is 18.6. The summed E-state index contributed by atoms with van der Waals surface area (Å²) in [4.78, 5) is 16.7. The van der Waals surface area contributed by atoms with Gasteiger partial charge in [-0.25, -0.2) is 4.79 Å². The maximum absolute atomic E-state index is 12.6. The van der Waals surface area contributed by atoms with E-state index in [1.807, 2.05) is 17.1 Å². The highest BCUT2D eigenvalue weighted by molar-refractivity contribution is 5.96. The predicted molar refractivity (Wildman–Crippen MR) is 113 cm³/mol. The average Bonchev–Trinajstić information content (AvgIpc) is 3.08. The Morgan fingerprint density at radius 3 is 2.79 bits per heavy atom. The third-order valence-corrected chi connectivity index (χ3v) is 5.95. The molecule has 4 heteroatoms. The van der Waals surface area contributed by atoms with Crippen LogP contribution in [0.1, 0.15) is 17.5 Å². The fourth-order valence-corrected chi connectivity index (χ4v) is 4.35. The van der Waals surface area contributed by atoms with Gasteiger partial charge in [0.25, 0.3) is 0 Å². The topological polar surface area (TPSA) is 32.8 Å². The van der Waals surface area contributed by atoms with Crippen molar-refractivity contribution in [1.82, 2.24) is 9.80 Å². The average molecular weight is 372 g/mol. The van der Waals surface area contributed by atoms with E-state index in [9.17, 15) is 4.79 Å². The summed E-state index contributed by atoms with van der Waals surface area (Å²) in [5.74, 6) is 0.656. The van der Waals surface area contributed by atoms with Gasteiger partial charge in [-0.15, -0.1) is 0 Å². The van der Waals surface area contributed by atoms with E-state index in [-0.39, 0.29) is 6.09 Å². The van der Waals surface area contributed by atoms with E-state index >= 15 is 0 Å². The van der Waals surface area contributed by atoms with E-state index in [0.29, 0.717) is 5.76 Å². The first-order chi connectivity index (χ1) is 13.7. The summed E-state index contributed by atoms with van der Waals surface area (Å²) in [5.41, 5.74) is 2.60. The van der Waals surface area contributed by atoms with Crippen molar-refractivity contribution in [2.24, 2.45) is 0 Å². The molecular weight excluding hydrogens is 348 g/mol. The van der Waals surface area contributed by atoms with Crippen LogP contribution in [0.3, 0.4) is 0 Å². The zero-order valence-corrected chi connectivity index (χ0v) is 16.1. The molecule has 0 radical (unpaired) electrons. The van der Waals surface area contributed by atoms with Crippen molar-refractivity contribution in [2.75, 3.05) is 33.2 Å². The van der Waals surface area contributed by atoms with E-state index < -0.39 is 0 Å². The fourth-order valence-electron chi connectivity index (χ4n) is 4.35. The summed E-state index contributed by atoms with van der Waals surface area (Å²) in [6.07, 6.45) is 12.0. The summed E-state index contributed by atoms with van der Waals surface area (Å²) in [5, 5.41) is 4.99. The highest BCUT2D eigenvalue weighted by atomic mass is 16.6. The molecule has 0 N–H and O–H groups in total. The third kappa shape index (κ3) is 3.04. The molecule has 0 spiro atoms. The lowest BCUT2D eigenvalue weighted by Crippen LogP contribution is -2.35. The lowest BCUT2D eigenvalue weighted by atomic mass is 9.94. The van der Waals surface area contributed by atoms with E-state index in [1.54, 1.807) is 0 Å². The largest absolute Gasteiger partial charge is 0.415 e. The molecule has 1 heterocycles. The van der Waals surface area contributed by atoms with Crippen molar-refractivity contribution >= 4 is 35.1 Å². The lowest BCUT2D eigenvalue weighted by molar-refractivity contribution is 0.134. The number of likely N-dealkylation sites (N-methyl/N-ethyl adjacent to an activating group) is 1. The van der Waals surface area contributed by atoms with Gasteiger partial charge in [0.2, 0.25) is 0 Å². The number of allylic oxidation sites excluding steroid dienone is 3. The molecule has 0 atom stereocenters. The van der Waals surface area contributed by atoms with Gasteiger partial charge in [-0.05, 0) is 70.9 Å². The second-order valence-electron chi connectivity index (χ2n) is 7.79. The van der Waals surface area contributed by atoms with Crippen molar-refractivity contribution < 1.29 is 9.53 Å². The number of rotatable bonds is 1. The summed E-state index contributed by atoms with van der Waals surface area (Å²) >= 11 is 0. The predicted octanol–water partition coefficient (Wildman–Crippen LogP) is 2.64. The van der Waals surface area contributed by atoms with Crippen LogP contribution >= 0.6 is 0 Å². The molecule has 5 rings (SSSR count). The van der Waals surface area contributed by atoms with Gasteiger partial charge in [0, 0.05) is 19.6 Å². The van der Waals surface area contributed by atoms with E-state index in [4.69, 9.17) is 4.74 Å². The Labute approximate surface area is 164 Å². The number of hydrogen-bond donors (Lipinski definition) is 0. The van der Waals surface area contributed by atoms with Crippen molar-refractivity contribution in [2.45, 2.75) is 12.8 Å². The molecule has 1 aliphatic heterocycles. The van der Waals surface area contributed by atoms with Gasteiger partial charge < -0.3 is 14.5 Å². The van der Waals surface area contributed by atoms with Gasteiger partial charge in [-0.1, -0.05) is 42.5 Å². The van der Waals surface area contributed by atoms with E-state index in [1.165, 1.54) is 27.1 Å². The number of nitrogens with zero attached hydrogens (tertiary/aromatic N) is 2. The molecular formula is C24H24N2O2. The van der Waals surface area contributed by atoms with E-state index in [2.05, 4.69) is 54.4 Å². The minimum absolute atomic E-state index is 0.236. The number of hydrogen-bond acceptors (Lipinski definition) is 3.